The molecule has 0 aliphatic carbocycles. The van der Waals surface area contributed by atoms with Crippen molar-refractivity contribution in [1.82, 2.24) is 0 Å². The second-order valence-corrected chi connectivity index (χ2v) is 8.55. The first-order chi connectivity index (χ1) is 17.2. The topological polar surface area (TPSA) is 35.5 Å². The molecular weight excluding hydrogens is 432 g/mol. The Balaban J connectivity index is 1.53. The fourth-order valence-electron chi connectivity index (χ4n) is 4.29. The maximum Gasteiger partial charge on any atom is 0.133 e. The summed E-state index contributed by atoms with van der Waals surface area (Å²) in [5, 5.41) is 0. The van der Waals surface area contributed by atoms with Gasteiger partial charge in [-0.1, -0.05) is 67.6 Å². The zero-order valence-corrected chi connectivity index (χ0v) is 20.0. The highest BCUT2D eigenvalue weighted by molar-refractivity contribution is 5.84. The van der Waals surface area contributed by atoms with Gasteiger partial charge in [0.05, 0.1) is 12.5 Å². The molecule has 0 aliphatic heterocycles. The maximum absolute atomic E-state index is 6.24. The summed E-state index contributed by atoms with van der Waals surface area (Å²) in [5.74, 6) is 2.61. The maximum atomic E-state index is 6.24. The monoisotopic (exact) mass is 460 g/mol. The van der Waals surface area contributed by atoms with Crippen molar-refractivity contribution in [3.63, 3.8) is 0 Å². The van der Waals surface area contributed by atoms with E-state index in [1.807, 2.05) is 36.4 Å². The lowest BCUT2D eigenvalue weighted by Crippen LogP contribution is -2.05. The van der Waals surface area contributed by atoms with E-state index in [1.54, 1.807) is 12.5 Å². The molecule has 35 heavy (non-hydrogen) atoms. The zero-order valence-electron chi connectivity index (χ0n) is 20.0. The molecule has 3 heteroatoms. The van der Waals surface area contributed by atoms with Crippen LogP contribution in [0.2, 0.25) is 0 Å². The highest BCUT2D eigenvalue weighted by Gasteiger charge is 2.14. The van der Waals surface area contributed by atoms with Crippen LogP contribution in [0, 0.1) is 6.92 Å². The van der Waals surface area contributed by atoms with Gasteiger partial charge in [-0.25, -0.2) is 0 Å². The average Bonchev–Trinajstić information content (AvgIpc) is 3.62. The van der Waals surface area contributed by atoms with E-state index in [2.05, 4.69) is 74.5 Å². The van der Waals surface area contributed by atoms with Crippen LogP contribution in [-0.4, -0.2) is 6.61 Å². The number of benzene rings is 3. The van der Waals surface area contributed by atoms with Gasteiger partial charge in [0, 0.05) is 11.1 Å². The van der Waals surface area contributed by atoms with E-state index in [4.69, 9.17) is 13.6 Å². The molecule has 5 aromatic rings. The van der Waals surface area contributed by atoms with Gasteiger partial charge in [0.2, 0.25) is 0 Å². The summed E-state index contributed by atoms with van der Waals surface area (Å²) < 4.78 is 17.4. The molecule has 3 aromatic carbocycles. The number of ether oxygens (including phenoxy) is 1. The Bertz CT molecular complexity index is 1310. The molecule has 2 heterocycles. The summed E-state index contributed by atoms with van der Waals surface area (Å²) >= 11 is 0. The second kappa shape index (κ2) is 10.4. The first-order valence-corrected chi connectivity index (χ1v) is 11.9. The molecule has 0 unspecified atom stereocenters. The van der Waals surface area contributed by atoms with Crippen molar-refractivity contribution in [3.05, 3.63) is 132 Å². The van der Waals surface area contributed by atoms with Crippen LogP contribution in [0.25, 0.3) is 28.2 Å². The fraction of sp³-hybridized carbons (Fsp3) is 0.125. The van der Waals surface area contributed by atoms with E-state index in [9.17, 15) is 0 Å². The lowest BCUT2D eigenvalue weighted by Gasteiger charge is -2.17. The molecule has 0 saturated carbocycles. The third-order valence-corrected chi connectivity index (χ3v) is 6.14. The summed E-state index contributed by atoms with van der Waals surface area (Å²) in [5.41, 5.74) is 8.03. The predicted octanol–water partition coefficient (Wildman–Crippen LogP) is 8.81. The number of hydrogen-bond donors (Lipinski definition) is 0. The van der Waals surface area contributed by atoms with Gasteiger partial charge in [-0.2, -0.15) is 0 Å². The van der Waals surface area contributed by atoms with Crippen LogP contribution in [0.15, 0.2) is 124 Å². The van der Waals surface area contributed by atoms with Crippen molar-refractivity contribution in [3.8, 4) is 28.4 Å². The molecule has 0 radical (unpaired) electrons. The van der Waals surface area contributed by atoms with Gasteiger partial charge in [0.15, 0.2) is 0 Å². The van der Waals surface area contributed by atoms with Crippen molar-refractivity contribution < 1.29 is 13.6 Å². The first kappa shape index (κ1) is 22.5. The molecule has 0 fully saturated rings. The summed E-state index contributed by atoms with van der Waals surface area (Å²) in [6.07, 6.45) is 4.28. The molecule has 0 saturated heterocycles. The summed E-state index contributed by atoms with van der Waals surface area (Å²) in [6, 6.07) is 33.1. The Kier molecular flexibility index (Phi) is 6.67. The molecule has 0 amide bonds. The number of rotatable bonds is 8. The summed E-state index contributed by atoms with van der Waals surface area (Å²) in [4.78, 5) is 0. The van der Waals surface area contributed by atoms with E-state index < -0.39 is 0 Å². The summed E-state index contributed by atoms with van der Waals surface area (Å²) in [7, 11) is 0. The van der Waals surface area contributed by atoms with Gasteiger partial charge >= 0.3 is 0 Å². The minimum Gasteiger partial charge on any atom is -0.489 e. The van der Waals surface area contributed by atoms with Gasteiger partial charge < -0.3 is 13.6 Å². The Morgan fingerprint density at radius 3 is 1.71 bits per heavy atom. The molecule has 0 N–H and O–H groups in total. The molecular formula is C32H28O3. The van der Waals surface area contributed by atoms with Gasteiger partial charge in [-0.05, 0) is 77.6 Å². The smallest absolute Gasteiger partial charge is 0.133 e. The molecule has 5 rings (SSSR count). The SMILES string of the molecule is CCC(COc1cccc(C)c1)=C(c1ccc(-c2ccco2)cc1)c1ccc(-c2ccco2)cc1. The van der Waals surface area contributed by atoms with Crippen LogP contribution in [0.5, 0.6) is 5.75 Å². The normalized spacial score (nSPS) is 10.8. The van der Waals surface area contributed by atoms with Crippen LogP contribution in [0.3, 0.4) is 0 Å². The fourth-order valence-corrected chi connectivity index (χ4v) is 4.29. The number of furan rings is 2. The van der Waals surface area contributed by atoms with Gasteiger partial charge in [0.1, 0.15) is 23.9 Å². The minimum absolute atomic E-state index is 0.523. The predicted molar refractivity (Wildman–Crippen MR) is 141 cm³/mol. The largest absolute Gasteiger partial charge is 0.489 e. The Labute approximate surface area is 206 Å². The highest BCUT2D eigenvalue weighted by Crippen LogP contribution is 2.32. The van der Waals surface area contributed by atoms with Gasteiger partial charge in [0.25, 0.3) is 0 Å². The average molecular weight is 461 g/mol. The van der Waals surface area contributed by atoms with Crippen molar-refractivity contribution in [2.24, 2.45) is 0 Å². The Morgan fingerprint density at radius 2 is 1.26 bits per heavy atom. The first-order valence-electron chi connectivity index (χ1n) is 11.9. The molecule has 0 atom stereocenters. The number of hydrogen-bond acceptors (Lipinski definition) is 3. The van der Waals surface area contributed by atoms with E-state index >= 15 is 0 Å². The number of aryl methyl sites for hydroxylation is 1. The standard InChI is InChI=1S/C32H28O3/c1-3-24(22-35-29-8-4-7-23(2)21-29)32(27-15-11-25(12-16-27)30-9-5-19-33-30)28-17-13-26(14-18-28)31-10-6-20-34-31/h4-21H,3,22H2,1-2H3. The molecule has 0 spiro atoms. The van der Waals surface area contributed by atoms with E-state index in [1.165, 1.54) is 16.7 Å². The lowest BCUT2D eigenvalue weighted by atomic mass is 9.90. The van der Waals surface area contributed by atoms with E-state index in [0.717, 1.165) is 45.9 Å². The quantitative estimate of drug-likeness (QED) is 0.232. The van der Waals surface area contributed by atoms with Crippen LogP contribution < -0.4 is 4.74 Å². The molecule has 0 aliphatic rings. The minimum atomic E-state index is 0.523. The van der Waals surface area contributed by atoms with Crippen molar-refractivity contribution in [2.45, 2.75) is 20.3 Å². The second-order valence-electron chi connectivity index (χ2n) is 8.55. The van der Waals surface area contributed by atoms with Crippen LogP contribution in [-0.2, 0) is 0 Å². The third kappa shape index (κ3) is 5.15. The van der Waals surface area contributed by atoms with Crippen LogP contribution in [0.4, 0.5) is 0 Å². The van der Waals surface area contributed by atoms with Crippen molar-refractivity contribution >= 4 is 5.57 Å². The molecule has 3 nitrogen and oxygen atoms in total. The Hall–Kier alpha value is -4.24. The highest BCUT2D eigenvalue weighted by atomic mass is 16.5. The summed E-state index contributed by atoms with van der Waals surface area (Å²) in [6.45, 7) is 4.79. The third-order valence-electron chi connectivity index (χ3n) is 6.14. The lowest BCUT2D eigenvalue weighted by molar-refractivity contribution is 0.349. The van der Waals surface area contributed by atoms with Crippen molar-refractivity contribution in [2.75, 3.05) is 6.61 Å². The van der Waals surface area contributed by atoms with Gasteiger partial charge in [-0.15, -0.1) is 0 Å². The zero-order chi connectivity index (χ0) is 24.0. The van der Waals surface area contributed by atoms with Crippen LogP contribution >= 0.6 is 0 Å². The van der Waals surface area contributed by atoms with E-state index in [-0.39, 0.29) is 0 Å². The molecule has 0 bridgehead atoms. The molecule has 2 aromatic heterocycles. The van der Waals surface area contributed by atoms with Crippen LogP contribution in [0.1, 0.15) is 30.0 Å². The van der Waals surface area contributed by atoms with E-state index in [0.29, 0.717) is 6.61 Å². The van der Waals surface area contributed by atoms with Gasteiger partial charge in [-0.3, -0.25) is 0 Å². The Morgan fingerprint density at radius 1 is 0.686 bits per heavy atom. The van der Waals surface area contributed by atoms with Crippen molar-refractivity contribution in [1.29, 1.82) is 0 Å². The molecule has 174 valence electrons.